The van der Waals surface area contributed by atoms with Crippen molar-refractivity contribution < 1.29 is 9.59 Å². The Morgan fingerprint density at radius 3 is 2.05 bits per heavy atom. The summed E-state index contributed by atoms with van der Waals surface area (Å²) in [5.41, 5.74) is 1.10. The zero-order valence-electron chi connectivity index (χ0n) is 13.8. The van der Waals surface area contributed by atoms with E-state index < -0.39 is 0 Å². The molecule has 0 aliphatic carbocycles. The number of hydrogen-bond acceptors (Lipinski definition) is 3. The molecule has 0 spiro atoms. The number of nitrogens with one attached hydrogen (secondary N) is 1. The first-order valence-corrected chi connectivity index (χ1v) is 8.18. The molecule has 4 heteroatoms. The van der Waals surface area contributed by atoms with Crippen molar-refractivity contribution in [1.29, 1.82) is 0 Å². The van der Waals surface area contributed by atoms with Gasteiger partial charge in [0.25, 0.3) is 0 Å². The van der Waals surface area contributed by atoms with Crippen LogP contribution in [-0.4, -0.2) is 24.0 Å². The molecule has 0 saturated carbocycles. The minimum Gasteiger partial charge on any atom is -0.349 e. The molecule has 1 aromatic rings. The molecule has 0 bridgehead atoms. The molecule has 0 radical (unpaired) electrons. The summed E-state index contributed by atoms with van der Waals surface area (Å²) >= 11 is 4.18. The molecule has 120 valence electrons. The molecule has 1 atom stereocenters. The second-order valence-corrected chi connectivity index (χ2v) is 4.35. The standard InChI is InChI=1S/C13H17NO2S.2C2H6/c1-10(15)8-14-13(16)12(9-17)7-11-5-3-2-4-6-11;2*1-2/h2-6,12,17H,7-9H2,1H3,(H,14,16);2*1-2H3. The maximum Gasteiger partial charge on any atom is 0.224 e. The van der Waals surface area contributed by atoms with Gasteiger partial charge < -0.3 is 5.32 Å². The van der Waals surface area contributed by atoms with Gasteiger partial charge in [-0.3, -0.25) is 9.59 Å². The van der Waals surface area contributed by atoms with Crippen molar-refractivity contribution in [2.75, 3.05) is 12.3 Å². The van der Waals surface area contributed by atoms with Gasteiger partial charge >= 0.3 is 0 Å². The minimum absolute atomic E-state index is 0.0454. The summed E-state index contributed by atoms with van der Waals surface area (Å²) < 4.78 is 0. The maximum absolute atomic E-state index is 11.8. The molecule has 1 aromatic carbocycles. The van der Waals surface area contributed by atoms with Crippen molar-refractivity contribution in [3.8, 4) is 0 Å². The lowest BCUT2D eigenvalue weighted by atomic mass is 10.0. The van der Waals surface area contributed by atoms with Crippen LogP contribution in [0.4, 0.5) is 0 Å². The van der Waals surface area contributed by atoms with Gasteiger partial charge in [-0.15, -0.1) is 0 Å². The summed E-state index contributed by atoms with van der Waals surface area (Å²) in [7, 11) is 0. The van der Waals surface area contributed by atoms with Crippen molar-refractivity contribution in [1.82, 2.24) is 5.32 Å². The molecular weight excluding hydrogens is 282 g/mol. The molecule has 0 aliphatic rings. The van der Waals surface area contributed by atoms with Crippen molar-refractivity contribution in [3.05, 3.63) is 35.9 Å². The smallest absolute Gasteiger partial charge is 0.224 e. The first kappa shape index (κ1) is 22.0. The van der Waals surface area contributed by atoms with E-state index in [0.717, 1.165) is 5.56 Å². The Labute approximate surface area is 134 Å². The quantitative estimate of drug-likeness (QED) is 0.789. The van der Waals surface area contributed by atoms with Crippen LogP contribution in [0.25, 0.3) is 0 Å². The molecule has 0 heterocycles. The molecule has 1 amide bonds. The van der Waals surface area contributed by atoms with Crippen molar-refractivity contribution in [2.45, 2.75) is 41.0 Å². The summed E-state index contributed by atoms with van der Waals surface area (Å²) in [5.74, 6) is 0.119. The van der Waals surface area contributed by atoms with E-state index in [9.17, 15) is 9.59 Å². The highest BCUT2D eigenvalue weighted by atomic mass is 32.1. The fraction of sp³-hybridized carbons (Fsp3) is 0.529. The molecule has 21 heavy (non-hydrogen) atoms. The highest BCUT2D eigenvalue weighted by molar-refractivity contribution is 7.80. The SMILES string of the molecule is CC.CC.CC(=O)CNC(=O)C(CS)Cc1ccccc1. The third-order valence-electron chi connectivity index (χ3n) is 2.43. The number of thiol groups is 1. The van der Waals surface area contributed by atoms with Crippen molar-refractivity contribution in [2.24, 2.45) is 5.92 Å². The molecule has 0 fully saturated rings. The van der Waals surface area contributed by atoms with Gasteiger partial charge in [0, 0.05) is 5.75 Å². The Hall–Kier alpha value is -1.29. The summed E-state index contributed by atoms with van der Waals surface area (Å²) in [6.07, 6.45) is 0.647. The van der Waals surface area contributed by atoms with E-state index in [1.54, 1.807) is 0 Å². The third kappa shape index (κ3) is 11.1. The lowest BCUT2D eigenvalue weighted by Crippen LogP contribution is -2.35. The van der Waals surface area contributed by atoms with Crippen molar-refractivity contribution >= 4 is 24.3 Å². The van der Waals surface area contributed by atoms with Gasteiger partial charge in [0.1, 0.15) is 5.78 Å². The lowest BCUT2D eigenvalue weighted by Gasteiger charge is -2.13. The van der Waals surface area contributed by atoms with E-state index >= 15 is 0 Å². The van der Waals surface area contributed by atoms with Crippen LogP contribution in [0.1, 0.15) is 40.2 Å². The van der Waals surface area contributed by atoms with Crippen LogP contribution in [0.3, 0.4) is 0 Å². The number of amides is 1. The average Bonchev–Trinajstić information content (AvgIpc) is 2.55. The van der Waals surface area contributed by atoms with E-state index in [1.165, 1.54) is 6.92 Å². The minimum atomic E-state index is -0.194. The first-order valence-electron chi connectivity index (χ1n) is 7.55. The topological polar surface area (TPSA) is 46.2 Å². The monoisotopic (exact) mass is 311 g/mol. The van der Waals surface area contributed by atoms with Crippen LogP contribution >= 0.6 is 12.6 Å². The van der Waals surface area contributed by atoms with Gasteiger partial charge in [-0.2, -0.15) is 12.6 Å². The van der Waals surface area contributed by atoms with Crippen LogP contribution in [-0.2, 0) is 16.0 Å². The fourth-order valence-corrected chi connectivity index (χ4v) is 1.79. The number of benzene rings is 1. The van der Waals surface area contributed by atoms with Crippen LogP contribution < -0.4 is 5.32 Å². The summed E-state index contributed by atoms with van der Waals surface area (Å²) in [5, 5.41) is 2.62. The van der Waals surface area contributed by atoms with Gasteiger partial charge in [0.15, 0.2) is 0 Å². The van der Waals surface area contributed by atoms with Gasteiger partial charge in [-0.1, -0.05) is 58.0 Å². The molecule has 3 nitrogen and oxygen atoms in total. The van der Waals surface area contributed by atoms with Gasteiger partial charge in [0.2, 0.25) is 5.91 Å². The zero-order valence-corrected chi connectivity index (χ0v) is 14.7. The number of carbonyl (C=O) groups excluding carboxylic acids is 2. The first-order chi connectivity index (χ1) is 10.1. The highest BCUT2D eigenvalue weighted by Crippen LogP contribution is 2.10. The third-order valence-corrected chi connectivity index (χ3v) is 2.87. The van der Waals surface area contributed by atoms with Gasteiger partial charge in [0.05, 0.1) is 12.5 Å². The van der Waals surface area contributed by atoms with Crippen LogP contribution in [0.2, 0.25) is 0 Å². The number of carbonyl (C=O) groups is 2. The van der Waals surface area contributed by atoms with Gasteiger partial charge in [-0.25, -0.2) is 0 Å². The lowest BCUT2D eigenvalue weighted by molar-refractivity contribution is -0.126. The Bertz CT molecular complexity index is 380. The number of ketones is 1. The molecule has 1 unspecified atom stereocenters. The predicted octanol–water partition coefficient (Wildman–Crippen LogP) is 3.53. The second-order valence-electron chi connectivity index (χ2n) is 3.99. The molecule has 1 N–H and O–H groups in total. The predicted molar refractivity (Wildman–Crippen MR) is 93.9 cm³/mol. The summed E-state index contributed by atoms with van der Waals surface area (Å²) in [4.78, 5) is 22.6. The Morgan fingerprint density at radius 1 is 1.10 bits per heavy atom. The van der Waals surface area contributed by atoms with Crippen LogP contribution in [0.5, 0.6) is 0 Å². The fourth-order valence-electron chi connectivity index (χ4n) is 1.49. The highest BCUT2D eigenvalue weighted by Gasteiger charge is 2.17. The van der Waals surface area contributed by atoms with Crippen LogP contribution in [0, 0.1) is 5.92 Å². The molecular formula is C17H29NO2S. The van der Waals surface area contributed by atoms with E-state index in [2.05, 4.69) is 17.9 Å². The molecule has 0 saturated heterocycles. The largest absolute Gasteiger partial charge is 0.349 e. The molecule has 1 rings (SSSR count). The average molecular weight is 311 g/mol. The van der Waals surface area contributed by atoms with Gasteiger partial charge in [-0.05, 0) is 18.9 Å². The van der Waals surface area contributed by atoms with E-state index in [-0.39, 0.29) is 24.2 Å². The van der Waals surface area contributed by atoms with Crippen molar-refractivity contribution in [3.63, 3.8) is 0 Å². The Kier molecular flexibility index (Phi) is 15.8. The number of Topliss-reactive ketones (excluding diaryl/α,β-unsaturated/α-hetero) is 1. The van der Waals surface area contributed by atoms with Crippen LogP contribution in [0.15, 0.2) is 30.3 Å². The van der Waals surface area contributed by atoms with E-state index in [4.69, 9.17) is 0 Å². The summed E-state index contributed by atoms with van der Waals surface area (Å²) in [6.45, 7) is 9.55. The zero-order chi connectivity index (χ0) is 16.7. The van der Waals surface area contributed by atoms with E-state index in [0.29, 0.717) is 12.2 Å². The summed E-state index contributed by atoms with van der Waals surface area (Å²) in [6, 6.07) is 9.79. The van der Waals surface area contributed by atoms with E-state index in [1.807, 2.05) is 58.0 Å². The molecule has 0 aromatic heterocycles. The molecule has 0 aliphatic heterocycles. The number of hydrogen-bond donors (Lipinski definition) is 2. The maximum atomic E-state index is 11.8. The Morgan fingerprint density at radius 2 is 1.62 bits per heavy atom. The normalized spacial score (nSPS) is 10.2. The second kappa shape index (κ2) is 15.1. The number of rotatable bonds is 6. The Balaban J connectivity index is 0.